The number of ketones is 1. The summed E-state index contributed by atoms with van der Waals surface area (Å²) in [5.41, 5.74) is 0.419. The molecule has 2 rings (SSSR count). The van der Waals surface area contributed by atoms with Crippen LogP contribution in [0.1, 0.15) is 5.56 Å². The van der Waals surface area contributed by atoms with E-state index in [0.717, 1.165) is 0 Å². The van der Waals surface area contributed by atoms with Crippen LogP contribution < -0.4 is 16.0 Å². The molecular weight excluding hydrogens is 280 g/mol. The van der Waals surface area contributed by atoms with Crippen LogP contribution in [0.15, 0.2) is 24.3 Å². The number of nitrogens with zero attached hydrogens (tertiary/aromatic N) is 1. The monoisotopic (exact) mass is 288 g/mol. The molecule has 1 aliphatic heterocycles. The second-order valence-corrected chi connectivity index (χ2v) is 4.28. The van der Waals surface area contributed by atoms with Gasteiger partial charge in [0.25, 0.3) is 17.6 Å². The van der Waals surface area contributed by atoms with Crippen LogP contribution in [0, 0.1) is 11.3 Å². The molecule has 3 N–H and O–H groups in total. The molecule has 1 unspecified atom stereocenters. The van der Waals surface area contributed by atoms with Gasteiger partial charge in [-0.15, -0.1) is 0 Å². The van der Waals surface area contributed by atoms with Gasteiger partial charge in [0.2, 0.25) is 0 Å². The fourth-order valence-corrected chi connectivity index (χ4v) is 1.82. The zero-order valence-electron chi connectivity index (χ0n) is 9.97. The topological polar surface area (TPSA) is 111 Å². The van der Waals surface area contributed by atoms with Gasteiger partial charge in [-0.1, -0.05) is 12.1 Å². The highest BCUT2D eigenvalue weighted by Crippen LogP contribution is 2.13. The van der Waals surface area contributed by atoms with Crippen LogP contribution in [-0.4, -0.2) is 28.8 Å². The third kappa shape index (κ3) is 2.62. The van der Waals surface area contributed by atoms with Crippen LogP contribution in [-0.2, 0) is 14.4 Å². The van der Waals surface area contributed by atoms with E-state index in [1.165, 1.54) is 12.1 Å². The number of amides is 2. The lowest BCUT2D eigenvalue weighted by molar-refractivity contribution is -0.138. The lowest BCUT2D eigenvalue weighted by Crippen LogP contribution is -2.43. The molecule has 20 heavy (non-hydrogen) atoms. The summed E-state index contributed by atoms with van der Waals surface area (Å²) in [6.45, 7) is 0. The summed E-state index contributed by atoms with van der Waals surface area (Å²) in [6.07, 6.45) is 0. The van der Waals surface area contributed by atoms with E-state index >= 15 is 0 Å². The number of thiocarbonyl (C=S) groups is 1. The minimum absolute atomic E-state index is 0.00132. The van der Waals surface area contributed by atoms with E-state index in [4.69, 9.17) is 5.26 Å². The molecule has 0 saturated carbocycles. The molecule has 2 amide bonds. The average molecular weight is 288 g/mol. The zero-order chi connectivity index (χ0) is 14.7. The Morgan fingerprint density at radius 1 is 1.35 bits per heavy atom. The molecule has 7 nitrogen and oxygen atoms in total. The fourth-order valence-electron chi connectivity index (χ4n) is 1.61. The first-order chi connectivity index (χ1) is 9.52. The van der Waals surface area contributed by atoms with Crippen molar-refractivity contribution in [3.8, 4) is 6.07 Å². The largest absolute Gasteiger partial charge is 0.344 e. The molecule has 0 bridgehead atoms. The minimum Gasteiger partial charge on any atom is -0.344 e. The van der Waals surface area contributed by atoms with E-state index in [1.807, 2.05) is 6.07 Å². The van der Waals surface area contributed by atoms with Gasteiger partial charge >= 0.3 is 0 Å². The molecule has 1 aliphatic rings. The molecule has 1 heterocycles. The number of carbonyl (C=O) groups is 3. The molecule has 0 aliphatic carbocycles. The van der Waals surface area contributed by atoms with Crippen molar-refractivity contribution in [1.29, 1.82) is 5.26 Å². The Morgan fingerprint density at radius 3 is 2.65 bits per heavy atom. The molecule has 100 valence electrons. The predicted octanol–water partition coefficient (Wildman–Crippen LogP) is -0.561. The summed E-state index contributed by atoms with van der Waals surface area (Å²) in [7, 11) is 0. The van der Waals surface area contributed by atoms with E-state index < -0.39 is 23.6 Å². The molecule has 1 fully saturated rings. The van der Waals surface area contributed by atoms with Crippen molar-refractivity contribution in [3.63, 3.8) is 0 Å². The van der Waals surface area contributed by atoms with E-state index in [-0.39, 0.29) is 16.4 Å². The number of benzene rings is 1. The van der Waals surface area contributed by atoms with Gasteiger partial charge in [-0.3, -0.25) is 14.4 Å². The highest BCUT2D eigenvalue weighted by atomic mass is 32.1. The molecule has 1 saturated heterocycles. The first-order valence-corrected chi connectivity index (χ1v) is 5.89. The van der Waals surface area contributed by atoms with Gasteiger partial charge in [-0.05, 0) is 24.4 Å². The van der Waals surface area contributed by atoms with Crippen LogP contribution in [0.4, 0.5) is 5.69 Å². The zero-order valence-corrected chi connectivity index (χ0v) is 10.8. The van der Waals surface area contributed by atoms with Crippen molar-refractivity contribution in [1.82, 2.24) is 10.6 Å². The summed E-state index contributed by atoms with van der Waals surface area (Å²) < 4.78 is 0. The van der Waals surface area contributed by atoms with E-state index in [0.29, 0.717) is 0 Å². The van der Waals surface area contributed by atoms with Crippen molar-refractivity contribution in [3.05, 3.63) is 29.8 Å². The number of rotatable bonds is 3. The first kappa shape index (κ1) is 13.6. The molecule has 0 aromatic heterocycles. The number of carbonyl (C=O) groups excluding carboxylic acids is 3. The highest BCUT2D eigenvalue weighted by molar-refractivity contribution is 7.80. The summed E-state index contributed by atoms with van der Waals surface area (Å²) in [5, 5.41) is 15.8. The Hall–Kier alpha value is -2.79. The van der Waals surface area contributed by atoms with Crippen molar-refractivity contribution in [2.75, 3.05) is 5.32 Å². The van der Waals surface area contributed by atoms with Crippen molar-refractivity contribution in [2.45, 2.75) is 6.04 Å². The second-order valence-electron chi connectivity index (χ2n) is 3.87. The molecule has 8 heteroatoms. The number of nitrogens with one attached hydrogen (secondary N) is 3. The number of anilines is 1. The lowest BCUT2D eigenvalue weighted by Gasteiger charge is -2.08. The predicted molar refractivity (Wildman–Crippen MR) is 72.5 cm³/mol. The Labute approximate surface area is 119 Å². The summed E-state index contributed by atoms with van der Waals surface area (Å²) in [6, 6.07) is 6.76. The van der Waals surface area contributed by atoms with Gasteiger partial charge < -0.3 is 16.0 Å². The van der Waals surface area contributed by atoms with E-state index in [9.17, 15) is 14.4 Å². The summed E-state index contributed by atoms with van der Waals surface area (Å²) >= 11 is 4.68. The molecule has 1 atom stereocenters. The van der Waals surface area contributed by atoms with E-state index in [1.54, 1.807) is 12.1 Å². The third-order valence-electron chi connectivity index (χ3n) is 2.56. The Bertz CT molecular complexity index is 665. The van der Waals surface area contributed by atoms with Gasteiger partial charge in [0.05, 0.1) is 11.3 Å². The van der Waals surface area contributed by atoms with Gasteiger partial charge in [-0.25, -0.2) is 0 Å². The fraction of sp³-hybridized carbons (Fsp3) is 0.0833. The number of Topliss-reactive ketones (excluding diaryl/α,β-unsaturated/α-hetero) is 1. The Kier molecular flexibility index (Phi) is 3.72. The van der Waals surface area contributed by atoms with Crippen molar-refractivity contribution < 1.29 is 14.4 Å². The van der Waals surface area contributed by atoms with Crippen LogP contribution in [0.2, 0.25) is 0 Å². The maximum Gasteiger partial charge on any atom is 0.294 e. The second kappa shape index (κ2) is 5.46. The maximum absolute atomic E-state index is 11.8. The lowest BCUT2D eigenvalue weighted by atomic mass is 10.1. The van der Waals surface area contributed by atoms with Gasteiger partial charge in [0.1, 0.15) is 6.07 Å². The standard InChI is InChI=1S/C12H8N4O3S/c13-5-6-3-1-2-4-7(6)14-11(19)9(17)8-10(18)16-12(20)15-8/h1-4,8H,(H,14,19)(H2,15,16,18,20). The van der Waals surface area contributed by atoms with Gasteiger partial charge in [-0.2, -0.15) is 5.26 Å². The van der Waals surface area contributed by atoms with Crippen LogP contribution in [0.5, 0.6) is 0 Å². The Morgan fingerprint density at radius 2 is 2.05 bits per heavy atom. The molecule has 0 radical (unpaired) electrons. The normalized spacial score (nSPS) is 16.9. The first-order valence-electron chi connectivity index (χ1n) is 5.48. The van der Waals surface area contributed by atoms with Gasteiger partial charge in [0.15, 0.2) is 11.2 Å². The number of nitriles is 1. The maximum atomic E-state index is 11.8. The molecule has 1 aromatic rings. The third-order valence-corrected chi connectivity index (χ3v) is 2.78. The quantitative estimate of drug-likeness (QED) is 0.390. The van der Waals surface area contributed by atoms with Crippen molar-refractivity contribution in [2.24, 2.45) is 0 Å². The Balaban J connectivity index is 2.13. The molecule has 0 spiro atoms. The summed E-state index contributed by atoms with van der Waals surface area (Å²) in [4.78, 5) is 35.0. The smallest absolute Gasteiger partial charge is 0.294 e. The highest BCUT2D eigenvalue weighted by Gasteiger charge is 2.37. The van der Waals surface area contributed by atoms with Crippen LogP contribution in [0.25, 0.3) is 0 Å². The van der Waals surface area contributed by atoms with Crippen LogP contribution in [0.3, 0.4) is 0 Å². The van der Waals surface area contributed by atoms with Crippen LogP contribution >= 0.6 is 12.2 Å². The average Bonchev–Trinajstić information content (AvgIpc) is 2.77. The SMILES string of the molecule is N#Cc1ccccc1NC(=O)C(=O)C1NC(=S)NC1=O. The van der Waals surface area contributed by atoms with Crippen molar-refractivity contribution >= 4 is 40.6 Å². The number of para-hydroxylation sites is 1. The summed E-state index contributed by atoms with van der Waals surface area (Å²) in [5.74, 6) is -2.65. The molecular formula is C12H8N4O3S. The number of hydrogen-bond acceptors (Lipinski definition) is 5. The van der Waals surface area contributed by atoms with E-state index in [2.05, 4.69) is 28.2 Å². The molecule has 1 aromatic carbocycles. The minimum atomic E-state index is -1.34. The number of hydrogen-bond donors (Lipinski definition) is 3. The van der Waals surface area contributed by atoms with Gasteiger partial charge in [0, 0.05) is 0 Å².